The van der Waals surface area contributed by atoms with Gasteiger partial charge in [0.15, 0.2) is 10.7 Å². The first-order chi connectivity index (χ1) is 15.5. The Kier molecular flexibility index (Phi) is 6.27. The minimum atomic E-state index is -0.421. The Morgan fingerprint density at radius 1 is 1.12 bits per heavy atom. The van der Waals surface area contributed by atoms with Crippen LogP contribution in [0.25, 0.3) is 11.0 Å². The molecule has 4 aromatic rings. The summed E-state index contributed by atoms with van der Waals surface area (Å²) in [5, 5.41) is 4.75. The first-order valence-corrected chi connectivity index (χ1v) is 10.8. The number of hydrogen-bond acceptors (Lipinski definition) is 7. The monoisotopic (exact) mass is 450 g/mol. The second-order valence-corrected chi connectivity index (χ2v) is 8.02. The third-order valence-electron chi connectivity index (χ3n) is 5.06. The van der Waals surface area contributed by atoms with Gasteiger partial charge in [-0.05, 0) is 23.8 Å². The number of nitrogens with zero attached hydrogens (tertiary/aromatic N) is 4. The standard InChI is InChI=1S/C23H22N4O4S/c1-26-20-18(12-24-26)25-23(27(21(20)28)13-15-7-5-4-6-8-15)32-14-17-11-16(22(29)31-3)9-10-19(17)30-2/h4-12H,13-14H2,1-3H3. The van der Waals surface area contributed by atoms with Crippen molar-refractivity contribution in [1.82, 2.24) is 19.3 Å². The summed E-state index contributed by atoms with van der Waals surface area (Å²) >= 11 is 1.40. The van der Waals surface area contributed by atoms with E-state index in [1.807, 2.05) is 30.3 Å². The average molecular weight is 451 g/mol. The number of esters is 1. The smallest absolute Gasteiger partial charge is 0.337 e. The molecule has 0 unspecified atom stereocenters. The molecule has 8 nitrogen and oxygen atoms in total. The van der Waals surface area contributed by atoms with Gasteiger partial charge in [-0.25, -0.2) is 9.78 Å². The number of aromatic nitrogens is 4. The van der Waals surface area contributed by atoms with Gasteiger partial charge in [0, 0.05) is 18.4 Å². The van der Waals surface area contributed by atoms with Crippen LogP contribution in [0.5, 0.6) is 5.75 Å². The van der Waals surface area contributed by atoms with Crippen molar-refractivity contribution in [2.45, 2.75) is 17.5 Å². The lowest BCUT2D eigenvalue weighted by Gasteiger charge is -2.14. The quantitative estimate of drug-likeness (QED) is 0.243. The maximum Gasteiger partial charge on any atom is 0.337 e. The second kappa shape index (κ2) is 9.27. The van der Waals surface area contributed by atoms with E-state index in [9.17, 15) is 9.59 Å². The van der Waals surface area contributed by atoms with E-state index < -0.39 is 5.97 Å². The first kappa shape index (κ1) is 21.6. The number of carbonyl (C=O) groups is 1. The number of methoxy groups -OCH3 is 2. The van der Waals surface area contributed by atoms with Gasteiger partial charge in [0.1, 0.15) is 11.3 Å². The zero-order chi connectivity index (χ0) is 22.7. The van der Waals surface area contributed by atoms with E-state index in [4.69, 9.17) is 14.5 Å². The maximum absolute atomic E-state index is 13.3. The lowest BCUT2D eigenvalue weighted by molar-refractivity contribution is 0.0600. The molecule has 9 heteroatoms. The van der Waals surface area contributed by atoms with Crippen LogP contribution < -0.4 is 10.3 Å². The lowest BCUT2D eigenvalue weighted by Crippen LogP contribution is -2.25. The number of carbonyl (C=O) groups excluding carboxylic acids is 1. The molecular formula is C23H22N4O4S. The van der Waals surface area contributed by atoms with Crippen molar-refractivity contribution in [3.05, 3.63) is 81.8 Å². The van der Waals surface area contributed by atoms with E-state index in [2.05, 4.69) is 5.10 Å². The maximum atomic E-state index is 13.3. The summed E-state index contributed by atoms with van der Waals surface area (Å²) < 4.78 is 13.5. The van der Waals surface area contributed by atoms with Crippen LogP contribution in [0, 0.1) is 0 Å². The minimum absolute atomic E-state index is 0.156. The summed E-state index contributed by atoms with van der Waals surface area (Å²) in [6.45, 7) is 0.384. The number of fused-ring (bicyclic) bond motifs is 1. The van der Waals surface area contributed by atoms with Crippen LogP contribution in [0.4, 0.5) is 0 Å². The summed E-state index contributed by atoms with van der Waals surface area (Å²) in [4.78, 5) is 30.0. The average Bonchev–Trinajstić information content (AvgIpc) is 3.20. The largest absolute Gasteiger partial charge is 0.496 e. The van der Waals surface area contributed by atoms with Gasteiger partial charge in [0.25, 0.3) is 5.56 Å². The fourth-order valence-corrected chi connectivity index (χ4v) is 4.40. The fourth-order valence-electron chi connectivity index (χ4n) is 3.43. The van der Waals surface area contributed by atoms with Gasteiger partial charge in [-0.3, -0.25) is 14.0 Å². The van der Waals surface area contributed by atoms with Crippen LogP contribution in [0.1, 0.15) is 21.5 Å². The lowest BCUT2D eigenvalue weighted by atomic mass is 10.1. The Morgan fingerprint density at radius 2 is 1.91 bits per heavy atom. The van der Waals surface area contributed by atoms with E-state index in [0.717, 1.165) is 11.1 Å². The second-order valence-electron chi connectivity index (χ2n) is 7.08. The van der Waals surface area contributed by atoms with Crippen molar-refractivity contribution in [3.8, 4) is 5.75 Å². The van der Waals surface area contributed by atoms with Crippen molar-refractivity contribution < 1.29 is 14.3 Å². The highest BCUT2D eigenvalue weighted by molar-refractivity contribution is 7.98. The molecule has 32 heavy (non-hydrogen) atoms. The number of thioether (sulfide) groups is 1. The van der Waals surface area contributed by atoms with Gasteiger partial charge in [0.2, 0.25) is 0 Å². The Labute approximate surface area is 188 Å². The van der Waals surface area contributed by atoms with E-state index >= 15 is 0 Å². The van der Waals surface area contributed by atoms with Gasteiger partial charge < -0.3 is 9.47 Å². The summed E-state index contributed by atoms with van der Waals surface area (Å²) in [5.41, 5.74) is 3.06. The van der Waals surface area contributed by atoms with Crippen molar-refractivity contribution in [3.63, 3.8) is 0 Å². The van der Waals surface area contributed by atoms with E-state index in [1.54, 1.807) is 47.8 Å². The first-order valence-electron chi connectivity index (χ1n) is 9.86. The molecule has 0 radical (unpaired) electrons. The number of rotatable bonds is 7. The van der Waals surface area contributed by atoms with Gasteiger partial charge in [-0.15, -0.1) is 0 Å². The molecule has 2 aromatic carbocycles. The predicted octanol–water partition coefficient (Wildman–Crippen LogP) is 3.27. The molecule has 0 fully saturated rings. The number of hydrogen-bond donors (Lipinski definition) is 0. The topological polar surface area (TPSA) is 88.2 Å². The predicted molar refractivity (Wildman–Crippen MR) is 122 cm³/mol. The summed E-state index contributed by atoms with van der Waals surface area (Å²) in [6, 6.07) is 14.9. The normalized spacial score (nSPS) is 11.0. The van der Waals surface area contributed by atoms with Gasteiger partial charge >= 0.3 is 5.97 Å². The molecule has 0 aliphatic rings. The van der Waals surface area contributed by atoms with Crippen LogP contribution in [-0.4, -0.2) is 39.5 Å². The molecule has 164 valence electrons. The highest BCUT2D eigenvalue weighted by Crippen LogP contribution is 2.29. The van der Waals surface area contributed by atoms with Gasteiger partial charge in [-0.1, -0.05) is 42.1 Å². The molecule has 2 heterocycles. The zero-order valence-corrected chi connectivity index (χ0v) is 18.8. The van der Waals surface area contributed by atoms with E-state index in [0.29, 0.717) is 39.8 Å². The molecule has 0 bridgehead atoms. The molecule has 0 aliphatic heterocycles. The molecule has 4 rings (SSSR count). The Balaban J connectivity index is 1.74. The van der Waals surface area contributed by atoms with Crippen LogP contribution in [0.2, 0.25) is 0 Å². The van der Waals surface area contributed by atoms with Crippen molar-refractivity contribution in [1.29, 1.82) is 0 Å². The Morgan fingerprint density at radius 3 is 2.62 bits per heavy atom. The van der Waals surface area contributed by atoms with Crippen LogP contribution in [0.3, 0.4) is 0 Å². The van der Waals surface area contributed by atoms with Crippen LogP contribution >= 0.6 is 11.8 Å². The zero-order valence-electron chi connectivity index (χ0n) is 17.9. The van der Waals surface area contributed by atoms with Crippen molar-refractivity contribution >= 4 is 28.8 Å². The van der Waals surface area contributed by atoms with Crippen LogP contribution in [0.15, 0.2) is 64.7 Å². The highest BCUT2D eigenvalue weighted by Gasteiger charge is 2.17. The fraction of sp³-hybridized carbons (Fsp3) is 0.217. The number of benzene rings is 2. The third-order valence-corrected chi connectivity index (χ3v) is 6.08. The molecule has 0 saturated heterocycles. The molecule has 0 N–H and O–H groups in total. The molecular weight excluding hydrogens is 428 g/mol. The molecule has 0 atom stereocenters. The summed E-state index contributed by atoms with van der Waals surface area (Å²) in [6.07, 6.45) is 1.59. The summed E-state index contributed by atoms with van der Waals surface area (Å²) in [5.74, 6) is 0.667. The summed E-state index contributed by atoms with van der Waals surface area (Å²) in [7, 11) is 4.65. The minimum Gasteiger partial charge on any atom is -0.496 e. The third kappa shape index (κ3) is 4.24. The van der Waals surface area contributed by atoms with E-state index in [1.165, 1.54) is 18.9 Å². The molecule has 0 spiro atoms. The Hall–Kier alpha value is -3.59. The molecule has 0 aliphatic carbocycles. The molecule has 2 aromatic heterocycles. The number of aryl methyl sites for hydroxylation is 1. The SMILES string of the molecule is COC(=O)c1ccc(OC)c(CSc2nc3cnn(C)c3c(=O)n2Cc2ccccc2)c1. The Bertz CT molecular complexity index is 1330. The van der Waals surface area contributed by atoms with Crippen LogP contribution in [-0.2, 0) is 24.1 Å². The molecule has 0 amide bonds. The van der Waals surface area contributed by atoms with Gasteiger partial charge in [-0.2, -0.15) is 5.10 Å². The molecule has 0 saturated carbocycles. The highest BCUT2D eigenvalue weighted by atomic mass is 32.2. The van der Waals surface area contributed by atoms with Gasteiger partial charge in [0.05, 0.1) is 32.5 Å². The number of ether oxygens (including phenoxy) is 2. The van der Waals surface area contributed by atoms with Crippen molar-refractivity contribution in [2.75, 3.05) is 14.2 Å². The van der Waals surface area contributed by atoms with Crippen molar-refractivity contribution in [2.24, 2.45) is 7.05 Å². The van der Waals surface area contributed by atoms with E-state index in [-0.39, 0.29) is 5.56 Å².